The lowest BCUT2D eigenvalue weighted by atomic mass is 9.98. The van der Waals surface area contributed by atoms with Crippen LogP contribution in [0.3, 0.4) is 0 Å². The number of rotatable bonds is 3. The molecule has 2 aromatic carbocycles. The second-order valence-corrected chi connectivity index (χ2v) is 3.92. The molecule has 2 nitrogen and oxygen atoms in total. The van der Waals surface area contributed by atoms with Crippen LogP contribution in [0.4, 0.5) is 0 Å². The third kappa shape index (κ3) is 2.27. The average molecular weight is 227 g/mol. The van der Waals surface area contributed by atoms with E-state index < -0.39 is 6.10 Å². The number of aromatic hydroxyl groups is 1. The van der Waals surface area contributed by atoms with Gasteiger partial charge in [-0.15, -0.1) is 0 Å². The summed E-state index contributed by atoms with van der Waals surface area (Å²) in [6.45, 7) is 3.75. The summed E-state index contributed by atoms with van der Waals surface area (Å²) in [4.78, 5) is 0. The molecule has 2 heteroatoms. The Balaban J connectivity index is 2.41. The molecule has 86 valence electrons. The Kier molecular flexibility index (Phi) is 3.35. The summed E-state index contributed by atoms with van der Waals surface area (Å²) in [5.41, 5.74) is 2.04. The Morgan fingerprint density at radius 1 is 1.00 bits per heavy atom. The topological polar surface area (TPSA) is 40.5 Å². The summed E-state index contributed by atoms with van der Waals surface area (Å²) in [5, 5.41) is 20.2. The number of benzene rings is 2. The quantitative estimate of drug-likeness (QED) is 0.791. The number of phenols is 1. The zero-order valence-corrected chi connectivity index (χ0v) is 9.50. The zero-order valence-electron chi connectivity index (χ0n) is 9.50. The third-order valence-electron chi connectivity index (χ3n) is 2.83. The smallest absolute Gasteiger partial charge is 0.129 e. The van der Waals surface area contributed by atoms with Crippen molar-refractivity contribution >= 4 is 0 Å². The Morgan fingerprint density at radius 3 is 2.35 bits per heavy atom. The average Bonchev–Trinajstić information content (AvgIpc) is 2.39. The van der Waals surface area contributed by atoms with Gasteiger partial charge in [0, 0.05) is 11.1 Å². The van der Waals surface area contributed by atoms with Crippen molar-refractivity contribution in [1.82, 2.24) is 0 Å². The van der Waals surface area contributed by atoms with Crippen LogP contribution in [-0.4, -0.2) is 10.2 Å². The molecular weight excluding hydrogens is 212 g/mol. The predicted octanol–water partition coefficient (Wildman–Crippen LogP) is 2.85. The molecule has 0 radical (unpaired) electrons. The van der Waals surface area contributed by atoms with Crippen LogP contribution in [0.25, 0.3) is 0 Å². The van der Waals surface area contributed by atoms with E-state index in [0.29, 0.717) is 12.0 Å². The van der Waals surface area contributed by atoms with Crippen molar-refractivity contribution in [2.75, 3.05) is 0 Å². The maximum absolute atomic E-state index is 10.2. The third-order valence-corrected chi connectivity index (χ3v) is 2.83. The van der Waals surface area contributed by atoms with E-state index in [1.807, 2.05) is 42.5 Å². The fraction of sp³-hybridized carbons (Fsp3) is 0.133. The molecule has 0 heterocycles. The fourth-order valence-corrected chi connectivity index (χ4v) is 1.85. The molecule has 0 spiro atoms. The van der Waals surface area contributed by atoms with Gasteiger partial charge in [-0.1, -0.05) is 48.5 Å². The summed E-state index contributed by atoms with van der Waals surface area (Å²) < 4.78 is 0. The van der Waals surface area contributed by atoms with Crippen LogP contribution in [-0.2, 0) is 6.42 Å². The molecular formula is C15H15O2+. The molecule has 0 aromatic heterocycles. The van der Waals surface area contributed by atoms with Gasteiger partial charge < -0.3 is 10.2 Å². The summed E-state index contributed by atoms with van der Waals surface area (Å²) in [7, 11) is 0. The van der Waals surface area contributed by atoms with Crippen molar-refractivity contribution in [3.63, 3.8) is 0 Å². The van der Waals surface area contributed by atoms with Gasteiger partial charge in [-0.25, -0.2) is 0 Å². The normalized spacial score (nSPS) is 12.3. The summed E-state index contributed by atoms with van der Waals surface area (Å²) in [6.07, 6.45) is -0.302. The van der Waals surface area contributed by atoms with Gasteiger partial charge >= 0.3 is 0 Å². The standard InChI is InChI=1S/C15H14O2/c1-2-11-9-6-10-13(14(11)16)15(17)12-7-4-3-5-8-12/h3-10,15,17H,1-2H2/p+1. The first-order chi connectivity index (χ1) is 8.24. The van der Waals surface area contributed by atoms with Crippen molar-refractivity contribution < 1.29 is 10.2 Å². The molecule has 2 rings (SSSR count). The first-order valence-corrected chi connectivity index (χ1v) is 5.57. The highest BCUT2D eigenvalue weighted by atomic mass is 16.3. The van der Waals surface area contributed by atoms with E-state index in [9.17, 15) is 10.2 Å². The number of hydrogen-bond acceptors (Lipinski definition) is 2. The second-order valence-electron chi connectivity index (χ2n) is 3.92. The van der Waals surface area contributed by atoms with Gasteiger partial charge in [0.05, 0.1) is 6.92 Å². The number of phenolic OH excluding ortho intramolecular Hbond substituents is 1. The van der Waals surface area contributed by atoms with Gasteiger partial charge in [0.1, 0.15) is 18.3 Å². The van der Waals surface area contributed by atoms with Crippen LogP contribution >= 0.6 is 0 Å². The highest BCUT2D eigenvalue weighted by Crippen LogP contribution is 2.31. The molecule has 0 aliphatic heterocycles. The first-order valence-electron chi connectivity index (χ1n) is 5.57. The van der Waals surface area contributed by atoms with Crippen LogP contribution in [0.5, 0.6) is 5.75 Å². The van der Waals surface area contributed by atoms with E-state index in [1.54, 1.807) is 6.07 Å². The maximum atomic E-state index is 10.2. The SMILES string of the molecule is [CH2+]Cc1cccc(C(O)c2ccccc2)c1O. The Labute approximate surface area is 101 Å². The lowest BCUT2D eigenvalue weighted by Crippen LogP contribution is -2.01. The molecule has 0 aliphatic rings. The maximum Gasteiger partial charge on any atom is 0.129 e. The van der Waals surface area contributed by atoms with Crippen molar-refractivity contribution in [3.8, 4) is 5.75 Å². The number of hydrogen-bond donors (Lipinski definition) is 2. The summed E-state index contributed by atoms with van der Waals surface area (Å²) in [5.74, 6) is 0.138. The molecule has 2 N–H and O–H groups in total. The zero-order chi connectivity index (χ0) is 12.3. The van der Waals surface area contributed by atoms with E-state index >= 15 is 0 Å². The largest absolute Gasteiger partial charge is 0.507 e. The van der Waals surface area contributed by atoms with Crippen LogP contribution in [0.15, 0.2) is 48.5 Å². The summed E-state index contributed by atoms with van der Waals surface area (Å²) >= 11 is 0. The van der Waals surface area contributed by atoms with Crippen molar-refractivity contribution in [1.29, 1.82) is 0 Å². The Bertz CT molecular complexity index is 492. The first kappa shape index (κ1) is 11.6. The Hall–Kier alpha value is -1.93. The van der Waals surface area contributed by atoms with Gasteiger partial charge in [-0.2, -0.15) is 0 Å². The highest BCUT2D eigenvalue weighted by molar-refractivity contribution is 5.45. The lowest BCUT2D eigenvalue weighted by molar-refractivity contribution is 0.215. The van der Waals surface area contributed by atoms with E-state index in [4.69, 9.17) is 0 Å². The minimum atomic E-state index is -0.803. The molecule has 0 bridgehead atoms. The van der Waals surface area contributed by atoms with E-state index in [0.717, 1.165) is 11.1 Å². The minimum absolute atomic E-state index is 0.138. The van der Waals surface area contributed by atoms with Crippen LogP contribution in [0.2, 0.25) is 0 Å². The van der Waals surface area contributed by atoms with E-state index in [1.165, 1.54) is 0 Å². The molecule has 0 aliphatic carbocycles. The van der Waals surface area contributed by atoms with Gasteiger partial charge in [0.15, 0.2) is 0 Å². The van der Waals surface area contributed by atoms with Crippen molar-refractivity contribution in [2.24, 2.45) is 0 Å². The second kappa shape index (κ2) is 4.93. The molecule has 17 heavy (non-hydrogen) atoms. The van der Waals surface area contributed by atoms with E-state index in [2.05, 4.69) is 6.92 Å². The van der Waals surface area contributed by atoms with E-state index in [-0.39, 0.29) is 5.75 Å². The van der Waals surface area contributed by atoms with Gasteiger partial charge in [-0.3, -0.25) is 0 Å². The molecule has 2 aromatic rings. The molecule has 0 saturated heterocycles. The van der Waals surface area contributed by atoms with Gasteiger partial charge in [-0.05, 0) is 5.56 Å². The molecule has 0 fully saturated rings. The van der Waals surface area contributed by atoms with Gasteiger partial charge in [0.2, 0.25) is 0 Å². The molecule has 0 saturated carbocycles. The molecule has 1 unspecified atom stereocenters. The number of aliphatic hydroxyl groups excluding tert-OH is 1. The molecule has 0 amide bonds. The van der Waals surface area contributed by atoms with Crippen molar-refractivity contribution in [2.45, 2.75) is 12.5 Å². The molecule has 1 atom stereocenters. The van der Waals surface area contributed by atoms with Crippen molar-refractivity contribution in [3.05, 3.63) is 72.1 Å². The predicted molar refractivity (Wildman–Crippen MR) is 67.7 cm³/mol. The number of aliphatic hydroxyl groups is 1. The minimum Gasteiger partial charge on any atom is -0.507 e. The van der Waals surface area contributed by atoms with Gasteiger partial charge in [0.25, 0.3) is 0 Å². The van der Waals surface area contributed by atoms with Crippen LogP contribution in [0, 0.1) is 6.92 Å². The summed E-state index contributed by atoms with van der Waals surface area (Å²) in [6, 6.07) is 14.6. The monoisotopic (exact) mass is 227 g/mol. The Morgan fingerprint density at radius 2 is 1.71 bits per heavy atom. The van der Waals surface area contributed by atoms with Crippen LogP contribution < -0.4 is 0 Å². The van der Waals surface area contributed by atoms with Crippen LogP contribution in [0.1, 0.15) is 22.8 Å². The number of para-hydroxylation sites is 1. The fourth-order valence-electron chi connectivity index (χ4n) is 1.85. The highest BCUT2D eigenvalue weighted by Gasteiger charge is 2.16. The lowest BCUT2D eigenvalue weighted by Gasteiger charge is -2.14.